The molecule has 3 aromatic rings. The summed E-state index contributed by atoms with van der Waals surface area (Å²) in [7, 11) is 0. The fraction of sp³-hybridized carbons (Fsp3) is 0.421. The third-order valence-electron chi connectivity index (χ3n) is 13.5. The molecule has 0 fully saturated rings. The first-order chi connectivity index (χ1) is 43.8. The molecule has 3 aromatic carbocycles. The van der Waals surface area contributed by atoms with E-state index in [1.807, 2.05) is 0 Å². The number of carboxylic acids is 5. The van der Waals surface area contributed by atoms with Gasteiger partial charge in [0.05, 0.1) is 18.9 Å². The van der Waals surface area contributed by atoms with Crippen molar-refractivity contribution < 1.29 is 103 Å². The van der Waals surface area contributed by atoms with Crippen LogP contribution in [0, 0.1) is 0 Å². The summed E-state index contributed by atoms with van der Waals surface area (Å²) in [5.41, 5.74) is 28.5. The SMILES string of the molecule is NC(N)=NCCC[C@H](NC(=O)[C@H](Cc1ccc(O)cc1)NC(=O)[C@H](Cc1ccc(O)cc1)NC(=O)[C@H](CCCN=C(N)N)NC(=O)[C@H](CC(=O)O)NC(=O)[C@H](CCC(=O)O)NC(=O)[C@H](Cc1ccc(O)cc1)NC(=O)[C@@H](N)CC(=O)O)C(=O)N[C@@H](CCC(=O)O)C(=O)O. The first-order valence-corrected chi connectivity index (χ1v) is 28.5. The summed E-state index contributed by atoms with van der Waals surface area (Å²) < 4.78 is 0. The topological polar surface area (TPSA) is 635 Å². The number of nitrogens with two attached hydrogens (primary N) is 5. The van der Waals surface area contributed by atoms with Crippen molar-refractivity contribution in [2.24, 2.45) is 38.7 Å². The van der Waals surface area contributed by atoms with Gasteiger partial charge in [0, 0.05) is 45.2 Å². The Hall–Kier alpha value is -11.3. The number of phenolic OH excluding ortho intramolecular Hbond substituents is 3. The smallest absolute Gasteiger partial charge is 0.326 e. The van der Waals surface area contributed by atoms with Crippen LogP contribution >= 0.6 is 0 Å². The number of hydrogen-bond acceptors (Lipinski definition) is 19. The van der Waals surface area contributed by atoms with Crippen LogP contribution in [0.4, 0.5) is 0 Å². The molecule has 506 valence electrons. The van der Waals surface area contributed by atoms with Crippen LogP contribution in [0.3, 0.4) is 0 Å². The zero-order valence-corrected chi connectivity index (χ0v) is 49.9. The molecular weight excluding hydrogens is 1230 g/mol. The molecule has 0 unspecified atom stereocenters. The van der Waals surface area contributed by atoms with Crippen LogP contribution in [0.25, 0.3) is 0 Å². The zero-order chi connectivity index (χ0) is 69.5. The third-order valence-corrected chi connectivity index (χ3v) is 13.5. The molecule has 0 aliphatic carbocycles. The van der Waals surface area contributed by atoms with Crippen molar-refractivity contribution in [2.45, 2.75) is 138 Å². The molecule has 0 aliphatic heterocycles. The summed E-state index contributed by atoms with van der Waals surface area (Å²) in [6, 6.07) is -0.470. The lowest BCUT2D eigenvalue weighted by Gasteiger charge is -2.28. The molecule has 0 bridgehead atoms. The molecule has 36 heteroatoms. The standard InChI is InChI=1S/C57H77N15O21/c58-34(26-45(80)81)47(84)69-39(23-28-5-11-31(73)12-6-28)51(88)67-37(17-19-43(76)77)50(87)72-42(27-46(82)83)54(91)66-36(4-2-22-64-57(61)62)49(86)70-41(25-30-9-15-33(75)16-10-30)53(90)71-40(24-29-7-13-32(74)14-8-29)52(89)65-35(3-1-21-63-56(59)60)48(85)68-38(55(92)93)18-20-44(78)79/h5-16,34-42,73-75H,1-4,17-27,58H2,(H,65,89)(H,66,91)(H,67,88)(H,68,85)(H,69,84)(H,70,86)(H,71,90)(H,72,87)(H,76,77)(H,78,79)(H,80,81)(H,82,83)(H,92,93)(H4,59,60,63)(H4,61,62,64)/t34-,35-,36-,37-,38-,39-,40-,41-,42-/m0/s1. The van der Waals surface area contributed by atoms with Crippen LogP contribution < -0.4 is 71.2 Å². The Morgan fingerprint density at radius 1 is 0.344 bits per heavy atom. The van der Waals surface area contributed by atoms with Crippen LogP contribution in [0.5, 0.6) is 17.2 Å². The van der Waals surface area contributed by atoms with Gasteiger partial charge in [-0.25, -0.2) is 4.79 Å². The fourth-order valence-electron chi connectivity index (χ4n) is 8.69. The Morgan fingerprint density at radius 2 is 0.613 bits per heavy atom. The van der Waals surface area contributed by atoms with Gasteiger partial charge in [0.25, 0.3) is 0 Å². The normalized spacial score (nSPS) is 13.7. The molecule has 36 nitrogen and oxygen atoms in total. The number of carboxylic acid groups (broad SMARTS) is 5. The van der Waals surface area contributed by atoms with E-state index in [1.165, 1.54) is 72.8 Å². The Labute approximate surface area is 529 Å². The largest absolute Gasteiger partial charge is 0.508 e. The van der Waals surface area contributed by atoms with Gasteiger partial charge in [0.2, 0.25) is 47.3 Å². The number of carbonyl (C=O) groups excluding carboxylic acids is 8. The highest BCUT2D eigenvalue weighted by atomic mass is 16.4. The van der Waals surface area contributed by atoms with E-state index in [-0.39, 0.29) is 67.1 Å². The number of nitrogens with zero attached hydrogens (tertiary/aromatic N) is 2. The van der Waals surface area contributed by atoms with Crippen LogP contribution in [0.1, 0.15) is 80.9 Å². The molecule has 0 spiro atoms. The van der Waals surface area contributed by atoms with Gasteiger partial charge in [0.15, 0.2) is 11.9 Å². The second-order valence-corrected chi connectivity index (χ2v) is 21.0. The Morgan fingerprint density at radius 3 is 0.925 bits per heavy atom. The van der Waals surface area contributed by atoms with Gasteiger partial charge in [-0.05, 0) is 91.6 Å². The minimum atomic E-state index is -2.15. The minimum absolute atomic E-state index is 0.0140. The van der Waals surface area contributed by atoms with Gasteiger partial charge < -0.3 is 112 Å². The summed E-state index contributed by atoms with van der Waals surface area (Å²) in [5, 5.41) is 96.5. The second kappa shape index (κ2) is 38.3. The predicted octanol–water partition coefficient (Wildman–Crippen LogP) is -5.09. The summed E-state index contributed by atoms with van der Waals surface area (Å²) in [4.78, 5) is 180. The van der Waals surface area contributed by atoms with Gasteiger partial charge in [-0.2, -0.15) is 0 Å². The van der Waals surface area contributed by atoms with Crippen LogP contribution in [0.15, 0.2) is 82.8 Å². The summed E-state index contributed by atoms with van der Waals surface area (Å²) in [5.74, 6) is -18.6. The monoisotopic (exact) mass is 1310 g/mol. The highest BCUT2D eigenvalue weighted by molar-refractivity contribution is 5.99. The van der Waals surface area contributed by atoms with Gasteiger partial charge >= 0.3 is 29.8 Å². The number of carbonyl (C=O) groups is 13. The number of aromatic hydroxyl groups is 3. The number of nitrogens with one attached hydrogen (secondary N) is 8. The van der Waals surface area contributed by atoms with Crippen molar-refractivity contribution in [3.05, 3.63) is 89.5 Å². The maximum Gasteiger partial charge on any atom is 0.326 e. The van der Waals surface area contributed by atoms with Gasteiger partial charge in [-0.15, -0.1) is 0 Å². The number of aliphatic imine (C=N–C) groups is 2. The van der Waals surface area contributed by atoms with Crippen LogP contribution in [-0.2, 0) is 81.6 Å². The molecule has 0 heterocycles. The lowest BCUT2D eigenvalue weighted by Crippen LogP contribution is -2.61. The molecule has 0 aliphatic rings. The number of guanidine groups is 2. The average molecular weight is 1310 g/mol. The van der Waals surface area contributed by atoms with E-state index in [0.717, 1.165) is 0 Å². The average Bonchev–Trinajstić information content (AvgIpc) is 0.957. The molecular formula is C57H77N15O21. The predicted molar refractivity (Wildman–Crippen MR) is 325 cm³/mol. The van der Waals surface area contributed by atoms with E-state index in [1.54, 1.807) is 0 Å². The van der Waals surface area contributed by atoms with Crippen molar-refractivity contribution in [3.8, 4) is 17.2 Å². The van der Waals surface area contributed by atoms with Crippen LogP contribution in [0.2, 0.25) is 0 Å². The van der Waals surface area contributed by atoms with Crippen molar-refractivity contribution in [1.82, 2.24) is 42.5 Å². The highest BCUT2D eigenvalue weighted by Gasteiger charge is 2.36. The second-order valence-electron chi connectivity index (χ2n) is 21.0. The van der Waals surface area contributed by atoms with E-state index in [0.29, 0.717) is 11.1 Å². The molecule has 0 saturated carbocycles. The number of hydrogen-bond donors (Lipinski definition) is 21. The van der Waals surface area contributed by atoms with Crippen molar-refractivity contribution in [2.75, 3.05) is 13.1 Å². The summed E-state index contributed by atoms with van der Waals surface area (Å²) in [6.45, 7) is -0.291. The number of amides is 8. The zero-order valence-electron chi connectivity index (χ0n) is 49.9. The lowest BCUT2D eigenvalue weighted by atomic mass is 10.0. The van der Waals surface area contributed by atoms with Gasteiger partial charge in [0.1, 0.15) is 65.6 Å². The maximum absolute atomic E-state index is 14.8. The number of rotatable bonds is 41. The Bertz CT molecular complexity index is 3180. The molecule has 9 atom stereocenters. The first-order valence-electron chi connectivity index (χ1n) is 28.5. The Balaban J connectivity index is 2.09. The van der Waals surface area contributed by atoms with E-state index in [2.05, 4.69) is 52.5 Å². The number of benzene rings is 3. The van der Waals surface area contributed by atoms with E-state index < -0.39 is 196 Å². The molecule has 26 N–H and O–H groups in total. The number of aliphatic carboxylic acids is 5. The van der Waals surface area contributed by atoms with Crippen molar-refractivity contribution in [1.29, 1.82) is 0 Å². The van der Waals surface area contributed by atoms with E-state index in [4.69, 9.17) is 28.7 Å². The number of phenols is 3. The molecule has 8 amide bonds. The van der Waals surface area contributed by atoms with E-state index >= 15 is 0 Å². The molecule has 3 rings (SSSR count). The van der Waals surface area contributed by atoms with Gasteiger partial charge in [-0.3, -0.25) is 67.5 Å². The van der Waals surface area contributed by atoms with Gasteiger partial charge in [-0.1, -0.05) is 36.4 Å². The van der Waals surface area contributed by atoms with E-state index in [9.17, 15) is 103 Å². The molecule has 0 aromatic heterocycles. The van der Waals surface area contributed by atoms with Crippen molar-refractivity contribution in [3.63, 3.8) is 0 Å². The first kappa shape index (κ1) is 75.9. The fourth-order valence-corrected chi connectivity index (χ4v) is 8.69. The summed E-state index contributed by atoms with van der Waals surface area (Å²) in [6.07, 6.45) is -6.99. The lowest BCUT2D eigenvalue weighted by molar-refractivity contribution is -0.144. The van der Waals surface area contributed by atoms with Crippen LogP contribution in [-0.4, -0.2) is 197 Å². The molecule has 0 radical (unpaired) electrons. The quantitative estimate of drug-likeness (QED) is 0.0144. The highest BCUT2D eigenvalue weighted by Crippen LogP contribution is 2.17. The third kappa shape index (κ3) is 29.2. The summed E-state index contributed by atoms with van der Waals surface area (Å²) >= 11 is 0. The Kier molecular flexibility index (Phi) is 31.2. The maximum atomic E-state index is 14.8. The molecule has 0 saturated heterocycles. The molecule has 93 heavy (non-hydrogen) atoms. The minimum Gasteiger partial charge on any atom is -0.508 e. The van der Waals surface area contributed by atoms with Crippen molar-refractivity contribution >= 4 is 89.0 Å².